The van der Waals surface area contributed by atoms with Gasteiger partial charge in [0.15, 0.2) is 0 Å². The van der Waals surface area contributed by atoms with Crippen molar-refractivity contribution >= 4 is 0 Å². The average Bonchev–Trinajstić information content (AvgIpc) is 2.60. The number of rotatable bonds is 0. The monoisotopic (exact) mass is 180 g/mol. The Morgan fingerprint density at radius 1 is 1.08 bits per heavy atom. The van der Waals surface area contributed by atoms with Crippen LogP contribution in [0, 0.1) is 0 Å². The van der Waals surface area contributed by atoms with E-state index in [0.29, 0.717) is 6.10 Å². The first-order chi connectivity index (χ1) is 5.89. The molecule has 0 bridgehead atoms. The van der Waals surface area contributed by atoms with Gasteiger partial charge in [-0.05, 0) is 34.9 Å². The Labute approximate surface area is 70.0 Å². The lowest BCUT2D eigenvalue weighted by Crippen LogP contribution is -2.09. The second-order valence-corrected chi connectivity index (χ2v) is 2.38. The second-order valence-electron chi connectivity index (χ2n) is 2.38. The van der Waals surface area contributed by atoms with Gasteiger partial charge >= 0.3 is 0 Å². The zero-order valence-corrected chi connectivity index (χ0v) is 6.86. The smallest absolute Gasteiger partial charge is 0.221 e. The van der Waals surface area contributed by atoms with E-state index in [1.54, 1.807) is 0 Å². The largest absolute Gasteiger partial charge is 0.379 e. The molecule has 6 nitrogen and oxygen atoms in total. The Kier molecular flexibility index (Phi) is 5.16. The summed E-state index contributed by atoms with van der Waals surface area (Å²) in [5, 5.41) is 11.1. The molecule has 0 aliphatic carbocycles. The first-order valence-corrected chi connectivity index (χ1v) is 3.75. The SMILES string of the molecule is C1OOOOO1.CC1CCCO1. The second kappa shape index (κ2) is 6.30. The Morgan fingerprint density at radius 3 is 2.00 bits per heavy atom. The first-order valence-electron chi connectivity index (χ1n) is 3.75. The van der Waals surface area contributed by atoms with Crippen LogP contribution in [0.4, 0.5) is 0 Å². The third-order valence-corrected chi connectivity index (χ3v) is 1.41. The minimum atomic E-state index is -0.0694. The van der Waals surface area contributed by atoms with Crippen molar-refractivity contribution in [3.05, 3.63) is 0 Å². The third kappa shape index (κ3) is 4.60. The van der Waals surface area contributed by atoms with E-state index < -0.39 is 0 Å². The van der Waals surface area contributed by atoms with Crippen LogP contribution in [0.2, 0.25) is 0 Å². The van der Waals surface area contributed by atoms with E-state index in [1.165, 1.54) is 12.8 Å². The molecule has 2 aliphatic heterocycles. The van der Waals surface area contributed by atoms with E-state index in [9.17, 15) is 0 Å². The van der Waals surface area contributed by atoms with Crippen molar-refractivity contribution in [2.45, 2.75) is 25.9 Å². The predicted octanol–water partition coefficient (Wildman–Crippen LogP) is 0.886. The molecule has 0 amide bonds. The predicted molar refractivity (Wildman–Crippen MR) is 34.9 cm³/mol. The van der Waals surface area contributed by atoms with Crippen LogP contribution in [0.3, 0.4) is 0 Å². The van der Waals surface area contributed by atoms with Gasteiger partial charge < -0.3 is 4.74 Å². The Morgan fingerprint density at radius 2 is 1.83 bits per heavy atom. The number of ether oxygens (including phenoxy) is 1. The summed E-state index contributed by atoms with van der Waals surface area (Å²) in [5.41, 5.74) is 0. The fraction of sp³-hybridized carbons (Fsp3) is 1.00. The fourth-order valence-electron chi connectivity index (χ4n) is 0.848. The van der Waals surface area contributed by atoms with Crippen LogP contribution in [0.1, 0.15) is 19.8 Å². The van der Waals surface area contributed by atoms with Crippen LogP contribution in [0.25, 0.3) is 0 Å². The highest BCUT2D eigenvalue weighted by atomic mass is 17.8. The summed E-state index contributed by atoms with van der Waals surface area (Å²) in [4.78, 5) is 8.00. The lowest BCUT2D eigenvalue weighted by molar-refractivity contribution is -0.769. The molecule has 2 heterocycles. The summed E-state index contributed by atoms with van der Waals surface area (Å²) in [7, 11) is 0. The summed E-state index contributed by atoms with van der Waals surface area (Å²) >= 11 is 0. The lowest BCUT2D eigenvalue weighted by Gasteiger charge is -2.04. The van der Waals surface area contributed by atoms with Crippen molar-refractivity contribution in [2.24, 2.45) is 0 Å². The molecule has 0 saturated carbocycles. The van der Waals surface area contributed by atoms with Gasteiger partial charge in [0.2, 0.25) is 6.79 Å². The van der Waals surface area contributed by atoms with Gasteiger partial charge in [0.25, 0.3) is 0 Å². The van der Waals surface area contributed by atoms with Crippen molar-refractivity contribution in [3.63, 3.8) is 0 Å². The highest BCUT2D eigenvalue weighted by Gasteiger charge is 2.07. The fourth-order valence-corrected chi connectivity index (χ4v) is 0.848. The molecule has 2 saturated heterocycles. The van der Waals surface area contributed by atoms with Gasteiger partial charge in [-0.15, -0.1) is 0 Å². The lowest BCUT2D eigenvalue weighted by atomic mass is 10.3. The molecule has 72 valence electrons. The molecular weight excluding hydrogens is 168 g/mol. The molecule has 6 heteroatoms. The summed E-state index contributed by atoms with van der Waals surface area (Å²) in [6, 6.07) is 0. The van der Waals surface area contributed by atoms with Crippen molar-refractivity contribution in [1.82, 2.24) is 0 Å². The van der Waals surface area contributed by atoms with E-state index in [0.717, 1.165) is 6.61 Å². The molecule has 2 fully saturated rings. The van der Waals surface area contributed by atoms with Crippen LogP contribution in [-0.2, 0) is 29.6 Å². The first kappa shape index (κ1) is 9.85. The number of hydrogen-bond donors (Lipinski definition) is 0. The molecule has 0 spiro atoms. The van der Waals surface area contributed by atoms with E-state index >= 15 is 0 Å². The van der Waals surface area contributed by atoms with Gasteiger partial charge in [-0.1, -0.05) is 0 Å². The van der Waals surface area contributed by atoms with E-state index in [-0.39, 0.29) is 6.79 Å². The molecule has 2 aliphatic rings. The summed E-state index contributed by atoms with van der Waals surface area (Å²) in [6.45, 7) is 3.04. The highest BCUT2D eigenvalue weighted by Crippen LogP contribution is 2.09. The molecule has 0 aromatic rings. The number of hydrogen-bond acceptors (Lipinski definition) is 6. The van der Waals surface area contributed by atoms with E-state index in [4.69, 9.17) is 4.74 Å². The van der Waals surface area contributed by atoms with Gasteiger partial charge in [-0.3, -0.25) is 0 Å². The van der Waals surface area contributed by atoms with Gasteiger partial charge in [-0.25, -0.2) is 0 Å². The van der Waals surface area contributed by atoms with Crippen LogP contribution in [0.5, 0.6) is 0 Å². The van der Waals surface area contributed by atoms with Crippen LogP contribution < -0.4 is 0 Å². The quantitative estimate of drug-likeness (QED) is 0.516. The highest BCUT2D eigenvalue weighted by molar-refractivity contribution is 4.56. The van der Waals surface area contributed by atoms with Crippen LogP contribution >= 0.6 is 0 Å². The topological polar surface area (TPSA) is 55.4 Å². The molecule has 0 aromatic carbocycles. The van der Waals surface area contributed by atoms with Crippen LogP contribution in [-0.4, -0.2) is 19.5 Å². The van der Waals surface area contributed by atoms with Gasteiger partial charge in [0.05, 0.1) is 6.10 Å². The van der Waals surface area contributed by atoms with E-state index in [1.807, 2.05) is 0 Å². The summed E-state index contributed by atoms with van der Waals surface area (Å²) in [6.07, 6.45) is 3.08. The molecule has 1 unspecified atom stereocenters. The Balaban J connectivity index is 0.000000120. The maximum Gasteiger partial charge on any atom is 0.221 e. The van der Waals surface area contributed by atoms with Crippen molar-refractivity contribution in [1.29, 1.82) is 0 Å². The maximum absolute atomic E-state index is 5.15. The van der Waals surface area contributed by atoms with Crippen LogP contribution in [0.15, 0.2) is 0 Å². The minimum Gasteiger partial charge on any atom is -0.379 e. The molecule has 0 N–H and O–H groups in total. The normalized spacial score (nSPS) is 29.2. The maximum atomic E-state index is 5.15. The third-order valence-electron chi connectivity index (χ3n) is 1.41. The van der Waals surface area contributed by atoms with Gasteiger partial charge in [-0.2, -0.15) is 9.78 Å². The summed E-state index contributed by atoms with van der Waals surface area (Å²) in [5.74, 6) is 0. The zero-order valence-electron chi connectivity index (χ0n) is 6.86. The molecule has 2 rings (SSSR count). The van der Waals surface area contributed by atoms with Crippen molar-refractivity contribution in [3.8, 4) is 0 Å². The van der Waals surface area contributed by atoms with Crippen molar-refractivity contribution < 1.29 is 29.6 Å². The van der Waals surface area contributed by atoms with Gasteiger partial charge in [0.1, 0.15) is 0 Å². The summed E-state index contributed by atoms with van der Waals surface area (Å²) < 4.78 is 5.15. The zero-order chi connectivity index (χ0) is 8.65. The minimum absolute atomic E-state index is 0.0694. The van der Waals surface area contributed by atoms with Crippen molar-refractivity contribution in [2.75, 3.05) is 13.4 Å². The average molecular weight is 180 g/mol. The molecule has 0 radical (unpaired) electrons. The standard InChI is InChI=1S/C5H10O.CH2O5/c1-5-3-2-4-6-5;1-2-4-6-5-3-1/h5H,2-4H2,1H3;1H2. The Hall–Kier alpha value is -0.240. The van der Waals surface area contributed by atoms with E-state index in [2.05, 4.69) is 31.8 Å². The molecule has 12 heavy (non-hydrogen) atoms. The molecule has 0 aromatic heterocycles. The Bertz CT molecular complexity index is 86.7. The van der Waals surface area contributed by atoms with Gasteiger partial charge in [0, 0.05) is 6.61 Å². The molecule has 1 atom stereocenters. The molecular formula is C6H12O6.